The molecule has 0 saturated carbocycles. The summed E-state index contributed by atoms with van der Waals surface area (Å²) in [5, 5.41) is 2.97. The topological polar surface area (TPSA) is 58.6 Å². The van der Waals surface area contributed by atoms with Crippen LogP contribution in [0.2, 0.25) is 0 Å². The third-order valence-electron chi connectivity index (χ3n) is 5.99. The van der Waals surface area contributed by atoms with Crippen molar-refractivity contribution in [3.63, 3.8) is 0 Å². The van der Waals surface area contributed by atoms with Gasteiger partial charge in [0, 0.05) is 19.5 Å². The Kier molecular flexibility index (Phi) is 7.94. The van der Waals surface area contributed by atoms with Crippen LogP contribution in [0.4, 0.5) is 0 Å². The smallest absolute Gasteiger partial charge is 0.261 e. The van der Waals surface area contributed by atoms with E-state index in [4.69, 9.17) is 4.74 Å². The molecule has 0 unspecified atom stereocenters. The van der Waals surface area contributed by atoms with E-state index in [2.05, 4.69) is 56.4 Å². The predicted molar refractivity (Wildman–Crippen MR) is 128 cm³/mol. The number of amides is 2. The molecule has 5 nitrogen and oxygen atoms in total. The summed E-state index contributed by atoms with van der Waals surface area (Å²) in [5.74, 6) is 1.11. The molecule has 0 bridgehead atoms. The monoisotopic (exact) mass is 436 g/mol. The molecular weight excluding hydrogens is 400 g/mol. The number of aryl methyl sites for hydroxylation is 1. The van der Waals surface area contributed by atoms with Gasteiger partial charge in [0.05, 0.1) is 6.04 Å². The van der Waals surface area contributed by atoms with Crippen molar-refractivity contribution in [2.45, 2.75) is 66.0 Å². The summed E-state index contributed by atoms with van der Waals surface area (Å²) in [5.41, 5.74) is 4.59. The summed E-state index contributed by atoms with van der Waals surface area (Å²) < 4.78 is 6.13. The predicted octanol–water partition coefficient (Wildman–Crippen LogP) is 4.81. The molecule has 0 spiro atoms. The van der Waals surface area contributed by atoms with Crippen molar-refractivity contribution in [1.82, 2.24) is 10.2 Å². The zero-order valence-corrected chi connectivity index (χ0v) is 20.0. The van der Waals surface area contributed by atoms with Crippen molar-refractivity contribution in [1.29, 1.82) is 0 Å². The maximum absolute atomic E-state index is 12.8. The summed E-state index contributed by atoms with van der Waals surface area (Å²) in [4.78, 5) is 27.4. The molecule has 1 heterocycles. The Morgan fingerprint density at radius 3 is 2.47 bits per heavy atom. The maximum Gasteiger partial charge on any atom is 0.261 e. The number of hydrogen-bond acceptors (Lipinski definition) is 3. The second-order valence-electron chi connectivity index (χ2n) is 9.02. The van der Waals surface area contributed by atoms with Crippen LogP contribution in [0.25, 0.3) is 0 Å². The highest BCUT2D eigenvalue weighted by Gasteiger charge is 2.32. The molecule has 1 aliphatic rings. The summed E-state index contributed by atoms with van der Waals surface area (Å²) in [6.07, 6.45) is 1.34. The number of ether oxygens (including phenoxy) is 1. The van der Waals surface area contributed by atoms with Crippen molar-refractivity contribution in [2.24, 2.45) is 5.92 Å². The molecule has 1 aliphatic heterocycles. The molecule has 1 N–H and O–H groups in total. The fraction of sp³-hybridized carbons (Fsp3) is 0.481. The van der Waals surface area contributed by atoms with Gasteiger partial charge in [-0.15, -0.1) is 0 Å². The maximum atomic E-state index is 12.8. The standard InChI is InChI=1S/C27H36N2O3/c1-6-24(27(31)28-17-18(3)4)32-22-13-12-20-14-15-29(25(30)7-2)26(23(20)16-22)21-10-8-19(5)9-11-21/h8-13,16,18,24,26H,6-7,14-15,17H2,1-5H3,(H,28,31)/t24-,26-/m1/s1. The van der Waals surface area contributed by atoms with E-state index in [1.54, 1.807) is 0 Å². The van der Waals surface area contributed by atoms with E-state index in [9.17, 15) is 9.59 Å². The Balaban J connectivity index is 1.93. The van der Waals surface area contributed by atoms with Crippen LogP contribution in [0.15, 0.2) is 42.5 Å². The van der Waals surface area contributed by atoms with Crippen molar-refractivity contribution in [3.8, 4) is 5.75 Å². The van der Waals surface area contributed by atoms with Gasteiger partial charge in [-0.3, -0.25) is 9.59 Å². The van der Waals surface area contributed by atoms with E-state index >= 15 is 0 Å². The lowest BCUT2D eigenvalue weighted by Gasteiger charge is -2.38. The van der Waals surface area contributed by atoms with E-state index < -0.39 is 6.10 Å². The lowest BCUT2D eigenvalue weighted by molar-refractivity contribution is -0.133. The van der Waals surface area contributed by atoms with Crippen molar-refractivity contribution in [2.75, 3.05) is 13.1 Å². The van der Waals surface area contributed by atoms with E-state index in [0.717, 1.165) is 17.5 Å². The minimum atomic E-state index is -0.540. The number of hydrogen-bond donors (Lipinski definition) is 1. The highest BCUT2D eigenvalue weighted by atomic mass is 16.5. The van der Waals surface area contributed by atoms with Gasteiger partial charge in [-0.05, 0) is 54.5 Å². The number of benzene rings is 2. The molecule has 2 aromatic rings. The SMILES string of the molecule is CCC(=O)N1CCc2ccc(O[C@H](CC)C(=O)NCC(C)C)cc2[C@H]1c1ccc(C)cc1. The minimum Gasteiger partial charge on any atom is -0.481 e. The lowest BCUT2D eigenvalue weighted by Crippen LogP contribution is -2.41. The first-order valence-electron chi connectivity index (χ1n) is 11.8. The van der Waals surface area contributed by atoms with Gasteiger partial charge in [0.1, 0.15) is 5.75 Å². The number of rotatable bonds is 8. The number of nitrogens with one attached hydrogen (secondary N) is 1. The molecule has 0 aliphatic carbocycles. The Labute approximate surface area is 192 Å². The Morgan fingerprint density at radius 2 is 1.84 bits per heavy atom. The van der Waals surface area contributed by atoms with Gasteiger partial charge < -0.3 is 15.0 Å². The van der Waals surface area contributed by atoms with Gasteiger partial charge in [-0.1, -0.05) is 63.6 Å². The molecule has 0 aromatic heterocycles. The lowest BCUT2D eigenvalue weighted by atomic mass is 9.87. The van der Waals surface area contributed by atoms with Crippen LogP contribution in [0.1, 0.15) is 68.8 Å². The molecule has 172 valence electrons. The second-order valence-corrected chi connectivity index (χ2v) is 9.02. The summed E-state index contributed by atoms with van der Waals surface area (Å²) in [6, 6.07) is 14.3. The summed E-state index contributed by atoms with van der Waals surface area (Å²) in [6.45, 7) is 11.4. The minimum absolute atomic E-state index is 0.0863. The number of nitrogens with zero attached hydrogens (tertiary/aromatic N) is 1. The Morgan fingerprint density at radius 1 is 1.12 bits per heavy atom. The molecule has 0 saturated heterocycles. The molecule has 2 amide bonds. The number of carbonyl (C=O) groups is 2. The zero-order valence-electron chi connectivity index (χ0n) is 20.0. The quantitative estimate of drug-likeness (QED) is 0.646. The molecule has 0 fully saturated rings. The van der Waals surface area contributed by atoms with Crippen LogP contribution in [0.5, 0.6) is 5.75 Å². The first-order valence-corrected chi connectivity index (χ1v) is 11.8. The van der Waals surface area contributed by atoms with E-state index in [0.29, 0.717) is 37.6 Å². The highest BCUT2D eigenvalue weighted by molar-refractivity contribution is 5.81. The third kappa shape index (κ3) is 5.50. The normalized spacial score (nSPS) is 16.4. The Hall–Kier alpha value is -2.82. The third-order valence-corrected chi connectivity index (χ3v) is 5.99. The number of carbonyl (C=O) groups excluding carboxylic acids is 2. The van der Waals surface area contributed by atoms with E-state index in [1.165, 1.54) is 11.1 Å². The van der Waals surface area contributed by atoms with Crippen LogP contribution in [0, 0.1) is 12.8 Å². The fourth-order valence-corrected chi connectivity index (χ4v) is 4.15. The van der Waals surface area contributed by atoms with Crippen LogP contribution < -0.4 is 10.1 Å². The first kappa shape index (κ1) is 23.8. The highest BCUT2D eigenvalue weighted by Crippen LogP contribution is 2.37. The van der Waals surface area contributed by atoms with Crippen LogP contribution in [0.3, 0.4) is 0 Å². The second kappa shape index (κ2) is 10.7. The molecule has 32 heavy (non-hydrogen) atoms. The fourth-order valence-electron chi connectivity index (χ4n) is 4.15. The molecule has 2 atom stereocenters. The molecule has 2 aromatic carbocycles. The Bertz CT molecular complexity index is 936. The molecule has 5 heteroatoms. The van der Waals surface area contributed by atoms with Gasteiger partial charge in [-0.25, -0.2) is 0 Å². The molecule has 3 rings (SSSR count). The van der Waals surface area contributed by atoms with Crippen molar-refractivity contribution < 1.29 is 14.3 Å². The number of fused-ring (bicyclic) bond motifs is 1. The van der Waals surface area contributed by atoms with Crippen LogP contribution >= 0.6 is 0 Å². The average Bonchev–Trinajstić information content (AvgIpc) is 2.80. The van der Waals surface area contributed by atoms with Crippen molar-refractivity contribution in [3.05, 3.63) is 64.7 Å². The molecule has 0 radical (unpaired) electrons. The molecular formula is C27H36N2O3. The largest absolute Gasteiger partial charge is 0.481 e. The van der Waals surface area contributed by atoms with Crippen LogP contribution in [-0.4, -0.2) is 35.9 Å². The summed E-state index contributed by atoms with van der Waals surface area (Å²) >= 11 is 0. The first-order chi connectivity index (χ1) is 15.3. The van der Waals surface area contributed by atoms with Gasteiger partial charge in [0.25, 0.3) is 5.91 Å². The van der Waals surface area contributed by atoms with Gasteiger partial charge in [-0.2, -0.15) is 0 Å². The van der Waals surface area contributed by atoms with Crippen LogP contribution in [-0.2, 0) is 16.0 Å². The zero-order chi connectivity index (χ0) is 23.3. The van der Waals surface area contributed by atoms with Gasteiger partial charge in [0.15, 0.2) is 6.10 Å². The van der Waals surface area contributed by atoms with Gasteiger partial charge in [0.2, 0.25) is 5.91 Å². The van der Waals surface area contributed by atoms with E-state index in [1.807, 2.05) is 30.9 Å². The summed E-state index contributed by atoms with van der Waals surface area (Å²) in [7, 11) is 0. The van der Waals surface area contributed by atoms with Crippen molar-refractivity contribution >= 4 is 11.8 Å². The van der Waals surface area contributed by atoms with E-state index in [-0.39, 0.29) is 17.9 Å². The van der Waals surface area contributed by atoms with Gasteiger partial charge >= 0.3 is 0 Å². The average molecular weight is 437 g/mol.